The Morgan fingerprint density at radius 2 is 0.906 bits per heavy atom. The van der Waals surface area contributed by atoms with Gasteiger partial charge in [-0.05, 0) is 83.5 Å². The lowest BCUT2D eigenvalue weighted by Gasteiger charge is -2.24. The Bertz CT molecular complexity index is 1250. The third-order valence-corrected chi connectivity index (χ3v) is 12.0. The molecule has 0 saturated carbocycles. The van der Waals surface area contributed by atoms with Crippen molar-refractivity contribution in [2.75, 3.05) is 54.1 Å². The third kappa shape index (κ3) is 50.9. The van der Waals surface area contributed by atoms with E-state index in [1.54, 1.807) is 0 Å². The largest absolute Gasteiger partial charge is 0.472 e. The highest BCUT2D eigenvalue weighted by atomic mass is 31.2. The summed E-state index contributed by atoms with van der Waals surface area (Å²) in [5.74, 6) is -0.322. The van der Waals surface area contributed by atoms with Crippen molar-refractivity contribution in [3.8, 4) is 0 Å². The summed E-state index contributed by atoms with van der Waals surface area (Å²) in [6.45, 7) is 5.49. The van der Waals surface area contributed by atoms with E-state index in [-0.39, 0.29) is 25.8 Å². The molecule has 2 unspecified atom stereocenters. The molecule has 0 aliphatic rings. The summed E-state index contributed by atoms with van der Waals surface area (Å²) in [5, 5.41) is 0. The van der Waals surface area contributed by atoms with E-state index in [9.17, 15) is 14.3 Å². The van der Waals surface area contributed by atoms with E-state index >= 15 is 0 Å². The molecular weight excluding hydrogens is 818 g/mol. The van der Waals surface area contributed by atoms with E-state index in [0.29, 0.717) is 24.1 Å². The van der Waals surface area contributed by atoms with E-state index in [4.69, 9.17) is 18.5 Å². The average Bonchev–Trinajstić information content (AvgIpc) is 3.25. The number of nitrogens with zero attached hydrogens (tertiary/aromatic N) is 1. The fourth-order valence-electron chi connectivity index (χ4n) is 6.99. The molecule has 0 aromatic rings. The molecule has 0 heterocycles. The van der Waals surface area contributed by atoms with Gasteiger partial charge < -0.3 is 18.9 Å². The summed E-state index contributed by atoms with van der Waals surface area (Å²) >= 11 is 0. The standard InChI is InChI=1S/C55H100NO7P/c1-6-8-10-12-14-16-18-20-22-24-26-27-28-29-30-31-33-35-37-39-41-43-45-47-50-60-52-54(53-62-64(58,59)61-51-49-56(3,4)5)63-55(57)48-46-44-42-40-38-36-34-32-25-23-21-19-17-15-13-11-9-7-2/h8,10,14,16,20,22-23,25-27,29-30,54H,6-7,9,11-13,15,17-19,21,24,28,31-53H2,1-5H3/p+1/b10-8-,16-14-,22-20-,25-23-,27-26-,30-29-. The first kappa shape index (κ1) is 61.9. The quantitative estimate of drug-likeness (QED) is 0.0214. The fraction of sp³-hybridized carbons (Fsp3) is 0.764. The predicted molar refractivity (Wildman–Crippen MR) is 275 cm³/mol. The first-order chi connectivity index (χ1) is 31.1. The summed E-state index contributed by atoms with van der Waals surface area (Å²) in [4.78, 5) is 23.0. The molecule has 0 aliphatic carbocycles. The van der Waals surface area contributed by atoms with Crippen LogP contribution in [0.4, 0.5) is 0 Å². The summed E-state index contributed by atoms with van der Waals surface area (Å²) < 4.78 is 35.2. The number of carbonyl (C=O) groups excluding carboxylic acids is 1. The molecule has 8 nitrogen and oxygen atoms in total. The molecule has 0 aliphatic heterocycles. The van der Waals surface area contributed by atoms with Gasteiger partial charge in [0.05, 0.1) is 34.4 Å². The van der Waals surface area contributed by atoms with Gasteiger partial charge in [0, 0.05) is 13.0 Å². The van der Waals surface area contributed by atoms with Crippen LogP contribution in [0.5, 0.6) is 0 Å². The van der Waals surface area contributed by atoms with Gasteiger partial charge in [-0.25, -0.2) is 4.57 Å². The third-order valence-electron chi connectivity index (χ3n) is 11.0. The van der Waals surface area contributed by atoms with E-state index in [0.717, 1.165) is 70.6 Å². The number of ether oxygens (including phenoxy) is 2. The van der Waals surface area contributed by atoms with Crippen LogP contribution in [-0.2, 0) is 27.9 Å². The van der Waals surface area contributed by atoms with Crippen LogP contribution in [0.25, 0.3) is 0 Å². The lowest BCUT2D eigenvalue weighted by atomic mass is 10.1. The molecule has 0 aromatic carbocycles. The van der Waals surface area contributed by atoms with Gasteiger partial charge in [0.2, 0.25) is 0 Å². The number of likely N-dealkylation sites (N-methyl/N-ethyl adjacent to an activating group) is 1. The molecule has 0 aromatic heterocycles. The topological polar surface area (TPSA) is 91.3 Å². The summed E-state index contributed by atoms with van der Waals surface area (Å²) in [6.07, 6.45) is 62.3. The van der Waals surface area contributed by atoms with Gasteiger partial charge in [-0.1, -0.05) is 196 Å². The Labute approximate surface area is 395 Å². The van der Waals surface area contributed by atoms with E-state index in [1.165, 1.54) is 122 Å². The maximum atomic E-state index is 12.8. The number of quaternary nitrogens is 1. The van der Waals surface area contributed by atoms with Crippen molar-refractivity contribution in [2.24, 2.45) is 0 Å². The number of phosphoric ester groups is 1. The van der Waals surface area contributed by atoms with Crippen molar-refractivity contribution in [3.63, 3.8) is 0 Å². The number of hydrogen-bond donors (Lipinski definition) is 1. The zero-order chi connectivity index (χ0) is 46.9. The Kier molecular flexibility index (Phi) is 45.9. The normalized spacial score (nSPS) is 14.2. The second-order valence-corrected chi connectivity index (χ2v) is 20.0. The maximum Gasteiger partial charge on any atom is 0.472 e. The SMILES string of the molecule is CC/C=C\C/C=C\C/C=C\C/C=C\C/C=C\CCCCCCCCCCOCC(COP(=O)(O)OCC[N+](C)(C)C)OC(=O)CCCCCCCCC/C=C\CCCCCCCCC. The van der Waals surface area contributed by atoms with E-state index in [1.807, 2.05) is 21.1 Å². The molecule has 0 bridgehead atoms. The zero-order valence-corrected chi connectivity index (χ0v) is 43.1. The maximum absolute atomic E-state index is 12.8. The van der Waals surface area contributed by atoms with Crippen LogP contribution < -0.4 is 0 Å². The first-order valence-corrected chi connectivity index (χ1v) is 27.7. The van der Waals surface area contributed by atoms with Crippen molar-refractivity contribution in [1.82, 2.24) is 0 Å². The first-order valence-electron chi connectivity index (χ1n) is 26.2. The average molecular weight is 919 g/mol. The molecule has 1 N–H and O–H groups in total. The highest BCUT2D eigenvalue weighted by molar-refractivity contribution is 7.47. The number of phosphoric acid groups is 1. The van der Waals surface area contributed by atoms with Gasteiger partial charge >= 0.3 is 13.8 Å². The predicted octanol–water partition coefficient (Wildman–Crippen LogP) is 16.2. The van der Waals surface area contributed by atoms with Gasteiger partial charge in [0.15, 0.2) is 0 Å². The molecule has 0 rings (SSSR count). The minimum Gasteiger partial charge on any atom is -0.457 e. The molecule has 64 heavy (non-hydrogen) atoms. The lowest BCUT2D eigenvalue weighted by molar-refractivity contribution is -0.870. The highest BCUT2D eigenvalue weighted by Gasteiger charge is 2.26. The number of carbonyl (C=O) groups is 1. The van der Waals surface area contributed by atoms with Crippen LogP contribution in [0.1, 0.15) is 213 Å². The number of esters is 1. The monoisotopic (exact) mass is 919 g/mol. The lowest BCUT2D eigenvalue weighted by Crippen LogP contribution is -2.37. The summed E-state index contributed by atoms with van der Waals surface area (Å²) in [5.41, 5.74) is 0. The molecule has 0 saturated heterocycles. The van der Waals surface area contributed by atoms with Gasteiger partial charge in [-0.15, -0.1) is 0 Å². The summed E-state index contributed by atoms with van der Waals surface area (Å²) in [6, 6.07) is 0. The number of allylic oxidation sites excluding steroid dienone is 12. The summed E-state index contributed by atoms with van der Waals surface area (Å²) in [7, 11) is 1.65. The Balaban J connectivity index is 4.17. The Morgan fingerprint density at radius 3 is 1.38 bits per heavy atom. The molecule has 0 fully saturated rings. The van der Waals surface area contributed by atoms with Gasteiger partial charge in [0.1, 0.15) is 19.3 Å². The minimum absolute atomic E-state index is 0.0831. The second-order valence-electron chi connectivity index (χ2n) is 18.5. The zero-order valence-electron chi connectivity index (χ0n) is 42.3. The molecule has 372 valence electrons. The van der Waals surface area contributed by atoms with Crippen LogP contribution in [0.2, 0.25) is 0 Å². The molecule has 0 amide bonds. The van der Waals surface area contributed by atoms with Crippen molar-refractivity contribution in [2.45, 2.75) is 219 Å². The molecule has 0 radical (unpaired) electrons. The fourth-order valence-corrected chi connectivity index (χ4v) is 7.73. The van der Waals surface area contributed by atoms with Gasteiger partial charge in [0.25, 0.3) is 0 Å². The van der Waals surface area contributed by atoms with Crippen molar-refractivity contribution in [1.29, 1.82) is 0 Å². The van der Waals surface area contributed by atoms with Crippen molar-refractivity contribution >= 4 is 13.8 Å². The second kappa shape index (κ2) is 47.4. The Morgan fingerprint density at radius 1 is 0.500 bits per heavy atom. The van der Waals surface area contributed by atoms with E-state index < -0.39 is 13.9 Å². The Hall–Kier alpha value is -2.06. The molecular formula is C55H101NO7P+. The molecule has 2 atom stereocenters. The van der Waals surface area contributed by atoms with Crippen LogP contribution >= 0.6 is 7.82 Å². The number of unbranched alkanes of at least 4 members (excludes halogenated alkanes) is 22. The van der Waals surface area contributed by atoms with Crippen LogP contribution in [0.3, 0.4) is 0 Å². The van der Waals surface area contributed by atoms with Crippen LogP contribution in [0.15, 0.2) is 72.9 Å². The van der Waals surface area contributed by atoms with Crippen molar-refractivity contribution in [3.05, 3.63) is 72.9 Å². The number of rotatable bonds is 48. The van der Waals surface area contributed by atoms with Crippen molar-refractivity contribution < 1.29 is 37.3 Å². The van der Waals surface area contributed by atoms with E-state index in [2.05, 4.69) is 86.8 Å². The minimum atomic E-state index is -4.29. The van der Waals surface area contributed by atoms with Crippen LogP contribution in [0, 0.1) is 0 Å². The highest BCUT2D eigenvalue weighted by Crippen LogP contribution is 2.43. The number of hydrogen-bond acceptors (Lipinski definition) is 6. The van der Waals surface area contributed by atoms with Crippen LogP contribution in [-0.4, -0.2) is 75.6 Å². The smallest absolute Gasteiger partial charge is 0.457 e. The molecule has 9 heteroatoms. The van der Waals surface area contributed by atoms with Gasteiger partial charge in [-0.2, -0.15) is 0 Å². The molecule has 0 spiro atoms. The van der Waals surface area contributed by atoms with Gasteiger partial charge in [-0.3, -0.25) is 13.8 Å².